The van der Waals surface area contributed by atoms with Crippen molar-refractivity contribution in [2.24, 2.45) is 0 Å². The van der Waals surface area contributed by atoms with Crippen LogP contribution in [0.1, 0.15) is 35.5 Å². The third kappa shape index (κ3) is 6.87. The number of hydrogen-bond acceptors (Lipinski definition) is 6. The van der Waals surface area contributed by atoms with Crippen LogP contribution < -0.4 is 10.1 Å². The third-order valence-electron chi connectivity index (χ3n) is 5.45. The number of nitrogens with one attached hydrogen (secondary N) is 1. The number of amides is 1. The lowest BCUT2D eigenvalue weighted by Crippen LogP contribution is -2.25. The first-order valence-corrected chi connectivity index (χ1v) is 11.8. The number of pyridine rings is 2. The molecule has 1 amide bonds. The van der Waals surface area contributed by atoms with Crippen LogP contribution in [0.2, 0.25) is 5.02 Å². The Bertz CT molecular complexity index is 1470. The minimum Gasteiger partial charge on any atom is -0.494 e. The number of Topliss-reactive ketones (excluding diaryl/α,β-unsaturated/α-hetero) is 1. The molecular formula is C28H26ClF2N3O4. The van der Waals surface area contributed by atoms with E-state index in [0.717, 1.165) is 40.4 Å². The van der Waals surface area contributed by atoms with Crippen LogP contribution in [0.5, 0.6) is 5.75 Å². The number of carbonyl (C=O) groups excluding carboxylic acids is 2. The Kier molecular flexibility index (Phi) is 9.08. The molecule has 0 aliphatic heterocycles. The Morgan fingerprint density at radius 3 is 2.45 bits per heavy atom. The summed E-state index contributed by atoms with van der Waals surface area (Å²) in [6, 6.07) is 12.0. The van der Waals surface area contributed by atoms with Crippen molar-refractivity contribution in [2.45, 2.75) is 26.4 Å². The highest BCUT2D eigenvalue weighted by Crippen LogP contribution is 2.31. The van der Waals surface area contributed by atoms with Gasteiger partial charge in [0.15, 0.2) is 11.6 Å². The number of nitrogens with zero attached hydrogens (tertiary/aromatic N) is 2. The fourth-order valence-corrected chi connectivity index (χ4v) is 3.80. The minimum absolute atomic E-state index is 0.109. The van der Waals surface area contributed by atoms with Crippen LogP contribution in [0.3, 0.4) is 0 Å². The molecule has 0 unspecified atom stereocenters. The van der Waals surface area contributed by atoms with Gasteiger partial charge < -0.3 is 15.2 Å². The number of aryl methyl sites for hydroxylation is 1. The molecule has 0 bridgehead atoms. The molecule has 38 heavy (non-hydrogen) atoms. The monoisotopic (exact) mass is 541 g/mol. The molecule has 4 aromatic rings. The molecule has 0 aliphatic carbocycles. The van der Waals surface area contributed by atoms with Gasteiger partial charge in [-0.2, -0.15) is 0 Å². The average Bonchev–Trinajstić information content (AvgIpc) is 2.86. The summed E-state index contributed by atoms with van der Waals surface area (Å²) in [6.07, 6.45) is 1.99. The fourth-order valence-electron chi connectivity index (χ4n) is 3.63. The van der Waals surface area contributed by atoms with Gasteiger partial charge in [0, 0.05) is 22.7 Å². The van der Waals surface area contributed by atoms with Gasteiger partial charge in [-0.05, 0) is 74.9 Å². The second kappa shape index (κ2) is 12.1. The van der Waals surface area contributed by atoms with Gasteiger partial charge >= 0.3 is 0 Å². The van der Waals surface area contributed by atoms with Crippen LogP contribution in [0.25, 0.3) is 22.2 Å². The van der Waals surface area contributed by atoms with Gasteiger partial charge in [-0.1, -0.05) is 11.6 Å². The highest BCUT2D eigenvalue weighted by atomic mass is 35.5. The first-order valence-electron chi connectivity index (χ1n) is 11.4. The number of benzene rings is 2. The lowest BCUT2D eigenvalue weighted by Gasteiger charge is -2.21. The van der Waals surface area contributed by atoms with Crippen molar-refractivity contribution in [1.29, 1.82) is 0 Å². The molecule has 2 aromatic carbocycles. The highest BCUT2D eigenvalue weighted by Gasteiger charge is 2.26. The number of ketones is 1. The number of fused-ring (bicyclic) bond motifs is 1. The van der Waals surface area contributed by atoms with Crippen molar-refractivity contribution in [2.75, 3.05) is 13.7 Å². The van der Waals surface area contributed by atoms with Gasteiger partial charge in [-0.3, -0.25) is 14.6 Å². The maximum atomic E-state index is 14.8. The topological polar surface area (TPSA) is 101 Å². The zero-order valence-electron chi connectivity index (χ0n) is 21.2. The van der Waals surface area contributed by atoms with Crippen molar-refractivity contribution in [3.63, 3.8) is 0 Å². The van der Waals surface area contributed by atoms with Gasteiger partial charge in [0.1, 0.15) is 28.5 Å². The predicted octanol–water partition coefficient (Wildman–Crippen LogP) is 5.39. The standard InChI is InChI=1S/C17H16F2N2O3.C11H10ClNO/c1-17(2,24)12-7-13(14(23)8-20-9-22)21-16(15(12)19)10-3-5-11(18)6-4-10;1-7-3-8-5-9(12)6-13-11(8)10(4-7)14-2/h3-7,9,24H,8H2,1-2H3,(H,20,22);3-6H,1-2H3. The number of ether oxygens (including phenoxy) is 1. The van der Waals surface area contributed by atoms with Crippen LogP contribution in [0.4, 0.5) is 8.78 Å². The SMILES string of the molecule is CC(C)(O)c1cc(C(=O)CNC=O)nc(-c2ccc(F)cc2)c1F.COc1cc(C)cc2cc(Cl)cnc12. The lowest BCUT2D eigenvalue weighted by molar-refractivity contribution is -0.109. The molecule has 198 valence electrons. The van der Waals surface area contributed by atoms with Gasteiger partial charge in [-0.25, -0.2) is 13.8 Å². The molecule has 0 saturated carbocycles. The summed E-state index contributed by atoms with van der Waals surface area (Å²) < 4.78 is 33.1. The van der Waals surface area contributed by atoms with Gasteiger partial charge in [0.25, 0.3) is 0 Å². The van der Waals surface area contributed by atoms with Crippen molar-refractivity contribution in [1.82, 2.24) is 15.3 Å². The summed E-state index contributed by atoms with van der Waals surface area (Å²) in [4.78, 5) is 30.6. The molecule has 10 heteroatoms. The zero-order valence-corrected chi connectivity index (χ0v) is 21.9. The van der Waals surface area contributed by atoms with E-state index >= 15 is 0 Å². The number of carbonyl (C=O) groups is 2. The predicted molar refractivity (Wildman–Crippen MR) is 141 cm³/mol. The van der Waals surface area contributed by atoms with Gasteiger partial charge in [-0.15, -0.1) is 0 Å². The number of halogens is 3. The summed E-state index contributed by atoms with van der Waals surface area (Å²) in [5.41, 5.74) is 0.283. The van der Waals surface area contributed by atoms with E-state index in [1.807, 2.05) is 25.1 Å². The Morgan fingerprint density at radius 2 is 1.84 bits per heavy atom. The summed E-state index contributed by atoms with van der Waals surface area (Å²) in [6.45, 7) is 4.45. The average molecular weight is 542 g/mol. The molecule has 0 saturated heterocycles. The number of aliphatic hydroxyl groups is 1. The number of hydrogen-bond donors (Lipinski definition) is 2. The zero-order chi connectivity index (χ0) is 28.0. The van der Waals surface area contributed by atoms with E-state index in [2.05, 4.69) is 15.3 Å². The number of rotatable bonds is 7. The van der Waals surface area contributed by atoms with E-state index in [9.17, 15) is 23.5 Å². The van der Waals surface area contributed by atoms with E-state index in [1.54, 1.807) is 13.3 Å². The van der Waals surface area contributed by atoms with Crippen molar-refractivity contribution in [3.05, 3.63) is 88.2 Å². The quantitative estimate of drug-likeness (QED) is 0.240. The third-order valence-corrected chi connectivity index (χ3v) is 5.65. The molecule has 0 spiro atoms. The summed E-state index contributed by atoms with van der Waals surface area (Å²) in [5, 5.41) is 14.0. The molecule has 2 heterocycles. The molecule has 0 atom stereocenters. The highest BCUT2D eigenvalue weighted by molar-refractivity contribution is 6.31. The Labute approximate surface area is 223 Å². The molecule has 2 aromatic heterocycles. The number of methoxy groups -OCH3 is 1. The van der Waals surface area contributed by atoms with Crippen LogP contribution in [-0.4, -0.2) is 40.9 Å². The lowest BCUT2D eigenvalue weighted by atomic mass is 9.94. The summed E-state index contributed by atoms with van der Waals surface area (Å²) in [5.74, 6) is -1.05. The molecule has 4 rings (SSSR count). The minimum atomic E-state index is -1.56. The maximum Gasteiger partial charge on any atom is 0.207 e. The second-order valence-corrected chi connectivity index (χ2v) is 9.33. The molecule has 0 aliphatic rings. The summed E-state index contributed by atoms with van der Waals surface area (Å²) in [7, 11) is 1.64. The van der Waals surface area contributed by atoms with E-state index < -0.39 is 23.0 Å². The molecule has 7 nitrogen and oxygen atoms in total. The largest absolute Gasteiger partial charge is 0.494 e. The molecule has 2 N–H and O–H groups in total. The van der Waals surface area contributed by atoms with Crippen molar-refractivity contribution < 1.29 is 28.2 Å². The van der Waals surface area contributed by atoms with Crippen molar-refractivity contribution in [3.8, 4) is 17.0 Å². The summed E-state index contributed by atoms with van der Waals surface area (Å²) >= 11 is 5.86. The smallest absolute Gasteiger partial charge is 0.207 e. The van der Waals surface area contributed by atoms with Crippen LogP contribution in [0.15, 0.2) is 54.7 Å². The van der Waals surface area contributed by atoms with Crippen LogP contribution >= 0.6 is 11.6 Å². The van der Waals surface area contributed by atoms with E-state index in [1.165, 1.54) is 26.0 Å². The van der Waals surface area contributed by atoms with Crippen LogP contribution in [0, 0.1) is 18.6 Å². The van der Waals surface area contributed by atoms with Gasteiger partial charge in [0.2, 0.25) is 6.41 Å². The second-order valence-electron chi connectivity index (χ2n) is 8.90. The maximum absolute atomic E-state index is 14.8. The first-order chi connectivity index (χ1) is 17.9. The molecule has 0 radical (unpaired) electrons. The Hall–Kier alpha value is -3.95. The normalized spacial score (nSPS) is 10.9. The Morgan fingerprint density at radius 1 is 1.16 bits per heavy atom. The molecular weight excluding hydrogens is 516 g/mol. The molecule has 0 fully saturated rings. The van der Waals surface area contributed by atoms with E-state index in [4.69, 9.17) is 16.3 Å². The van der Waals surface area contributed by atoms with Gasteiger partial charge in [0.05, 0.1) is 24.3 Å². The number of aromatic nitrogens is 2. The van der Waals surface area contributed by atoms with Crippen molar-refractivity contribution >= 4 is 34.7 Å². The Balaban J connectivity index is 0.000000241. The van der Waals surface area contributed by atoms with Crippen LogP contribution in [-0.2, 0) is 10.4 Å². The van der Waals surface area contributed by atoms with E-state index in [-0.39, 0.29) is 29.1 Å². The van der Waals surface area contributed by atoms with E-state index in [0.29, 0.717) is 11.4 Å². The fraction of sp³-hybridized carbons (Fsp3) is 0.214. The first kappa shape index (κ1) is 28.6.